The molecule has 0 heterocycles. The molecule has 1 aromatic rings. The molecule has 0 N–H and O–H groups in total. The Kier molecular flexibility index (Phi) is 4.27. The normalized spacial score (nSPS) is 17.2. The lowest BCUT2D eigenvalue weighted by atomic mass is 9.62. The van der Waals surface area contributed by atoms with E-state index in [2.05, 4.69) is 0 Å². The van der Waals surface area contributed by atoms with Gasteiger partial charge in [0.15, 0.2) is 0 Å². The zero-order valence-corrected chi connectivity index (χ0v) is 12.0. The van der Waals surface area contributed by atoms with E-state index in [-0.39, 0.29) is 17.7 Å². The SMILES string of the molecule is CON(C)C(=O)CC1(c2ccc(C(F)(F)F)cc2)CCC1. The molecular formula is C15H18F3NO2. The Balaban J connectivity index is 2.19. The van der Waals surface area contributed by atoms with Crippen molar-refractivity contribution in [3.8, 4) is 0 Å². The highest BCUT2D eigenvalue weighted by Crippen LogP contribution is 2.47. The van der Waals surface area contributed by atoms with Gasteiger partial charge < -0.3 is 0 Å². The van der Waals surface area contributed by atoms with Crippen molar-refractivity contribution >= 4 is 5.91 Å². The molecule has 2 rings (SSSR count). The van der Waals surface area contributed by atoms with E-state index in [4.69, 9.17) is 4.84 Å². The first kappa shape index (κ1) is 15.8. The van der Waals surface area contributed by atoms with Gasteiger partial charge in [0.2, 0.25) is 5.91 Å². The Morgan fingerprint density at radius 3 is 2.24 bits per heavy atom. The van der Waals surface area contributed by atoms with Gasteiger partial charge in [0.05, 0.1) is 12.7 Å². The average Bonchev–Trinajstić information content (AvgIpc) is 2.41. The maximum atomic E-state index is 12.6. The Morgan fingerprint density at radius 1 is 1.29 bits per heavy atom. The number of hydroxylamine groups is 2. The number of benzene rings is 1. The van der Waals surface area contributed by atoms with Crippen molar-refractivity contribution in [1.82, 2.24) is 5.06 Å². The number of carbonyl (C=O) groups excluding carboxylic acids is 1. The van der Waals surface area contributed by atoms with Crippen LogP contribution in [0.2, 0.25) is 0 Å². The Labute approximate surface area is 121 Å². The summed E-state index contributed by atoms with van der Waals surface area (Å²) in [5.41, 5.74) is -0.228. The number of nitrogens with zero attached hydrogens (tertiary/aromatic N) is 1. The molecule has 1 saturated carbocycles. The molecule has 6 heteroatoms. The minimum absolute atomic E-state index is 0.169. The predicted molar refractivity (Wildman–Crippen MR) is 71.4 cm³/mol. The van der Waals surface area contributed by atoms with E-state index in [1.165, 1.54) is 26.3 Å². The number of amides is 1. The van der Waals surface area contributed by atoms with Gasteiger partial charge in [-0.15, -0.1) is 0 Å². The highest BCUT2D eigenvalue weighted by atomic mass is 19.4. The smallest absolute Gasteiger partial charge is 0.275 e. The highest BCUT2D eigenvalue weighted by molar-refractivity contribution is 5.76. The van der Waals surface area contributed by atoms with Gasteiger partial charge >= 0.3 is 6.18 Å². The number of carbonyl (C=O) groups is 1. The number of halogens is 3. The second-order valence-electron chi connectivity index (χ2n) is 5.46. The first-order chi connectivity index (χ1) is 9.78. The lowest BCUT2D eigenvalue weighted by Crippen LogP contribution is -2.40. The number of hydrogen-bond donors (Lipinski definition) is 0. The Morgan fingerprint density at radius 2 is 1.86 bits per heavy atom. The molecule has 0 radical (unpaired) electrons. The second-order valence-corrected chi connectivity index (χ2v) is 5.46. The molecule has 0 aromatic heterocycles. The zero-order chi connectivity index (χ0) is 15.7. The fraction of sp³-hybridized carbons (Fsp3) is 0.533. The molecule has 0 bridgehead atoms. The van der Waals surface area contributed by atoms with E-state index >= 15 is 0 Å². The van der Waals surface area contributed by atoms with Crippen molar-refractivity contribution in [3.63, 3.8) is 0 Å². The van der Waals surface area contributed by atoms with Crippen LogP contribution < -0.4 is 0 Å². The summed E-state index contributed by atoms with van der Waals surface area (Å²) in [5.74, 6) is -0.169. The van der Waals surface area contributed by atoms with E-state index in [9.17, 15) is 18.0 Å². The maximum absolute atomic E-state index is 12.6. The van der Waals surface area contributed by atoms with Crippen molar-refractivity contribution in [2.75, 3.05) is 14.2 Å². The first-order valence-electron chi connectivity index (χ1n) is 6.77. The number of rotatable bonds is 4. The minimum atomic E-state index is -4.34. The Hall–Kier alpha value is -1.56. The van der Waals surface area contributed by atoms with Crippen LogP contribution in [-0.4, -0.2) is 25.1 Å². The lowest BCUT2D eigenvalue weighted by Gasteiger charge is -2.42. The van der Waals surface area contributed by atoms with Crippen LogP contribution in [0.15, 0.2) is 24.3 Å². The summed E-state index contributed by atoms with van der Waals surface area (Å²) in [6, 6.07) is 5.14. The van der Waals surface area contributed by atoms with Gasteiger partial charge in [-0.2, -0.15) is 13.2 Å². The van der Waals surface area contributed by atoms with Gasteiger partial charge in [0.1, 0.15) is 0 Å². The minimum Gasteiger partial charge on any atom is -0.275 e. The average molecular weight is 301 g/mol. The van der Waals surface area contributed by atoms with Crippen LogP contribution in [0, 0.1) is 0 Å². The van der Waals surface area contributed by atoms with Gasteiger partial charge in [0, 0.05) is 18.9 Å². The molecule has 3 nitrogen and oxygen atoms in total. The molecular weight excluding hydrogens is 283 g/mol. The molecule has 0 spiro atoms. The molecule has 0 unspecified atom stereocenters. The van der Waals surface area contributed by atoms with Crippen LogP contribution in [-0.2, 0) is 21.2 Å². The third-order valence-electron chi connectivity index (χ3n) is 4.25. The standard InChI is InChI=1S/C15H18F3NO2/c1-19(21-2)13(20)10-14(8-3-9-14)11-4-6-12(7-5-11)15(16,17)18/h4-7H,3,8-10H2,1-2H3. The zero-order valence-electron chi connectivity index (χ0n) is 12.0. The summed E-state index contributed by atoms with van der Waals surface area (Å²) in [5, 5.41) is 1.16. The summed E-state index contributed by atoms with van der Waals surface area (Å²) in [6.45, 7) is 0. The van der Waals surface area contributed by atoms with Crippen molar-refractivity contribution in [2.45, 2.75) is 37.3 Å². The summed E-state index contributed by atoms with van der Waals surface area (Å²) < 4.78 is 37.8. The van der Waals surface area contributed by atoms with E-state index in [1.54, 1.807) is 0 Å². The molecule has 0 atom stereocenters. The van der Waals surface area contributed by atoms with Gasteiger partial charge in [-0.05, 0) is 30.5 Å². The molecule has 0 aliphatic heterocycles. The molecule has 21 heavy (non-hydrogen) atoms. The third kappa shape index (κ3) is 3.20. The van der Waals surface area contributed by atoms with E-state index in [1.807, 2.05) is 0 Å². The summed E-state index contributed by atoms with van der Waals surface area (Å²) in [4.78, 5) is 16.9. The summed E-state index contributed by atoms with van der Waals surface area (Å²) >= 11 is 0. The van der Waals surface area contributed by atoms with Crippen LogP contribution in [0.3, 0.4) is 0 Å². The molecule has 1 aromatic carbocycles. The Bertz CT molecular complexity index is 507. The van der Waals surface area contributed by atoms with Crippen LogP contribution in [0.5, 0.6) is 0 Å². The predicted octanol–water partition coefficient (Wildman–Crippen LogP) is 3.54. The summed E-state index contributed by atoms with van der Waals surface area (Å²) in [7, 11) is 2.94. The molecule has 116 valence electrons. The molecule has 1 fully saturated rings. The van der Waals surface area contributed by atoms with E-state index in [0.29, 0.717) is 0 Å². The number of alkyl halides is 3. The largest absolute Gasteiger partial charge is 0.416 e. The fourth-order valence-corrected chi connectivity index (χ4v) is 2.69. The quantitative estimate of drug-likeness (QED) is 0.796. The first-order valence-corrected chi connectivity index (χ1v) is 6.77. The second kappa shape index (κ2) is 5.67. The highest BCUT2D eigenvalue weighted by Gasteiger charge is 2.41. The van der Waals surface area contributed by atoms with Crippen molar-refractivity contribution < 1.29 is 22.8 Å². The molecule has 1 aliphatic rings. The van der Waals surface area contributed by atoms with Crippen LogP contribution in [0.1, 0.15) is 36.8 Å². The molecule has 1 aliphatic carbocycles. The van der Waals surface area contributed by atoms with Crippen LogP contribution >= 0.6 is 0 Å². The summed E-state index contributed by atoms with van der Waals surface area (Å²) in [6.07, 6.45) is -1.49. The van der Waals surface area contributed by atoms with Crippen molar-refractivity contribution in [2.24, 2.45) is 0 Å². The van der Waals surface area contributed by atoms with E-state index in [0.717, 1.165) is 42.0 Å². The fourth-order valence-electron chi connectivity index (χ4n) is 2.69. The van der Waals surface area contributed by atoms with Crippen molar-refractivity contribution in [3.05, 3.63) is 35.4 Å². The topological polar surface area (TPSA) is 29.5 Å². The number of hydrogen-bond acceptors (Lipinski definition) is 2. The third-order valence-corrected chi connectivity index (χ3v) is 4.25. The van der Waals surface area contributed by atoms with E-state index < -0.39 is 11.7 Å². The monoisotopic (exact) mass is 301 g/mol. The van der Waals surface area contributed by atoms with Gasteiger partial charge in [-0.1, -0.05) is 18.6 Å². The van der Waals surface area contributed by atoms with Gasteiger partial charge in [-0.25, -0.2) is 5.06 Å². The van der Waals surface area contributed by atoms with Crippen molar-refractivity contribution in [1.29, 1.82) is 0 Å². The molecule has 1 amide bonds. The maximum Gasteiger partial charge on any atom is 0.416 e. The van der Waals surface area contributed by atoms with Crippen LogP contribution in [0.4, 0.5) is 13.2 Å². The van der Waals surface area contributed by atoms with Gasteiger partial charge in [0.25, 0.3) is 0 Å². The van der Waals surface area contributed by atoms with Crippen LogP contribution in [0.25, 0.3) is 0 Å². The van der Waals surface area contributed by atoms with Gasteiger partial charge in [-0.3, -0.25) is 9.63 Å². The molecule has 0 saturated heterocycles. The lowest BCUT2D eigenvalue weighted by molar-refractivity contribution is -0.171.